The van der Waals surface area contributed by atoms with Gasteiger partial charge in [0.15, 0.2) is 0 Å². The van der Waals surface area contributed by atoms with Crippen LogP contribution in [0.3, 0.4) is 0 Å². The van der Waals surface area contributed by atoms with Gasteiger partial charge in [0.1, 0.15) is 5.75 Å². The van der Waals surface area contributed by atoms with Crippen LogP contribution in [-0.2, 0) is 11.2 Å². The van der Waals surface area contributed by atoms with Crippen LogP contribution in [0.4, 0.5) is 0 Å². The number of rotatable bonds is 4. The van der Waals surface area contributed by atoms with Gasteiger partial charge >= 0.3 is 0 Å². The molecule has 94 valence electrons. The van der Waals surface area contributed by atoms with E-state index in [-0.39, 0.29) is 0 Å². The largest absolute Gasteiger partial charge is 0.508 e. The lowest BCUT2D eigenvalue weighted by Crippen LogP contribution is -2.38. The first kappa shape index (κ1) is 12.4. The molecule has 1 fully saturated rings. The van der Waals surface area contributed by atoms with E-state index in [0.717, 1.165) is 32.5 Å². The van der Waals surface area contributed by atoms with E-state index in [4.69, 9.17) is 4.74 Å². The fraction of sp³-hybridized carbons (Fsp3) is 0.571. The summed E-state index contributed by atoms with van der Waals surface area (Å²) in [4.78, 5) is 0. The minimum Gasteiger partial charge on any atom is -0.508 e. The number of hydrogen-bond donors (Lipinski definition) is 2. The molecule has 1 aliphatic heterocycles. The van der Waals surface area contributed by atoms with Gasteiger partial charge in [-0.2, -0.15) is 0 Å². The molecule has 0 aliphatic carbocycles. The van der Waals surface area contributed by atoms with Gasteiger partial charge in [0.05, 0.1) is 0 Å². The topological polar surface area (TPSA) is 41.5 Å². The molecule has 0 radical (unpaired) electrons. The zero-order valence-electron chi connectivity index (χ0n) is 10.4. The van der Waals surface area contributed by atoms with E-state index >= 15 is 0 Å². The van der Waals surface area contributed by atoms with Crippen molar-refractivity contribution in [2.75, 3.05) is 20.3 Å². The average molecular weight is 235 g/mol. The highest BCUT2D eigenvalue weighted by molar-refractivity contribution is 5.27. The van der Waals surface area contributed by atoms with Crippen LogP contribution in [0, 0.1) is 5.92 Å². The van der Waals surface area contributed by atoms with Crippen molar-refractivity contribution in [2.45, 2.75) is 25.3 Å². The Bertz CT molecular complexity index is 348. The summed E-state index contributed by atoms with van der Waals surface area (Å²) in [5.41, 5.74) is 1.19. The second kappa shape index (κ2) is 6.03. The van der Waals surface area contributed by atoms with Crippen molar-refractivity contribution in [1.82, 2.24) is 5.32 Å². The van der Waals surface area contributed by atoms with Gasteiger partial charge in [0.2, 0.25) is 0 Å². The number of aromatic hydroxyl groups is 1. The minimum absolute atomic E-state index is 0.351. The Morgan fingerprint density at radius 3 is 2.82 bits per heavy atom. The first-order valence-electron chi connectivity index (χ1n) is 6.32. The summed E-state index contributed by atoms with van der Waals surface area (Å²) in [7, 11) is 2.02. The Morgan fingerprint density at radius 1 is 1.41 bits per heavy atom. The van der Waals surface area contributed by atoms with Gasteiger partial charge in [0, 0.05) is 19.3 Å². The van der Waals surface area contributed by atoms with E-state index in [1.165, 1.54) is 5.56 Å². The first-order chi connectivity index (χ1) is 8.29. The van der Waals surface area contributed by atoms with Gasteiger partial charge in [-0.25, -0.2) is 0 Å². The zero-order chi connectivity index (χ0) is 12.1. The fourth-order valence-electron chi connectivity index (χ4n) is 2.56. The fourth-order valence-corrected chi connectivity index (χ4v) is 2.56. The average Bonchev–Trinajstić information content (AvgIpc) is 2.37. The number of nitrogens with one attached hydrogen (secondary N) is 1. The maximum atomic E-state index is 9.47. The molecule has 1 heterocycles. The lowest BCUT2D eigenvalue weighted by atomic mass is 9.88. The predicted molar refractivity (Wildman–Crippen MR) is 68.2 cm³/mol. The Balaban J connectivity index is 1.98. The van der Waals surface area contributed by atoms with Gasteiger partial charge in [-0.05, 0) is 49.9 Å². The molecule has 1 saturated heterocycles. The molecular weight excluding hydrogens is 214 g/mol. The minimum atomic E-state index is 0.351. The number of hydrogen-bond acceptors (Lipinski definition) is 3. The van der Waals surface area contributed by atoms with Gasteiger partial charge in [0.25, 0.3) is 0 Å². The number of benzene rings is 1. The molecule has 0 bridgehead atoms. The van der Waals surface area contributed by atoms with Gasteiger partial charge in [-0.1, -0.05) is 12.1 Å². The molecule has 0 spiro atoms. The lowest BCUT2D eigenvalue weighted by Gasteiger charge is -2.30. The molecule has 1 aromatic rings. The molecule has 3 nitrogen and oxygen atoms in total. The second-order valence-electron chi connectivity index (χ2n) is 4.72. The normalized spacial score (nSPS) is 19.1. The van der Waals surface area contributed by atoms with Crippen molar-refractivity contribution in [2.24, 2.45) is 5.92 Å². The summed E-state index contributed by atoms with van der Waals surface area (Å²) >= 11 is 0. The number of likely N-dealkylation sites (N-methyl/N-ethyl adjacent to an activating group) is 1. The van der Waals surface area contributed by atoms with Crippen LogP contribution in [0.15, 0.2) is 24.3 Å². The molecule has 2 N–H and O–H groups in total. The van der Waals surface area contributed by atoms with E-state index in [1.807, 2.05) is 19.2 Å². The van der Waals surface area contributed by atoms with E-state index in [1.54, 1.807) is 6.07 Å². The molecule has 1 aliphatic rings. The summed E-state index contributed by atoms with van der Waals surface area (Å²) in [6.45, 7) is 1.76. The summed E-state index contributed by atoms with van der Waals surface area (Å²) in [5.74, 6) is 1.03. The zero-order valence-corrected chi connectivity index (χ0v) is 10.4. The summed E-state index contributed by atoms with van der Waals surface area (Å²) in [6.07, 6.45) is 3.23. The van der Waals surface area contributed by atoms with Crippen molar-refractivity contribution in [3.8, 4) is 5.75 Å². The quantitative estimate of drug-likeness (QED) is 0.838. The van der Waals surface area contributed by atoms with E-state index < -0.39 is 0 Å². The van der Waals surface area contributed by atoms with Crippen LogP contribution < -0.4 is 5.32 Å². The van der Waals surface area contributed by atoms with Crippen molar-refractivity contribution < 1.29 is 9.84 Å². The first-order valence-corrected chi connectivity index (χ1v) is 6.32. The van der Waals surface area contributed by atoms with Crippen molar-refractivity contribution in [3.63, 3.8) is 0 Å². The number of ether oxygens (including phenoxy) is 1. The highest BCUT2D eigenvalue weighted by Crippen LogP contribution is 2.22. The molecule has 1 atom stereocenters. The van der Waals surface area contributed by atoms with Crippen molar-refractivity contribution in [1.29, 1.82) is 0 Å². The molecule has 0 aromatic heterocycles. The van der Waals surface area contributed by atoms with Crippen LogP contribution in [0.2, 0.25) is 0 Å². The SMILES string of the molecule is CNC(Cc1cccc(O)c1)C1CCOCC1. The van der Waals surface area contributed by atoms with Gasteiger partial charge < -0.3 is 15.2 Å². The van der Waals surface area contributed by atoms with Crippen LogP contribution >= 0.6 is 0 Å². The van der Waals surface area contributed by atoms with Crippen molar-refractivity contribution >= 4 is 0 Å². The molecule has 3 heteroatoms. The molecular formula is C14H21NO2. The highest BCUT2D eigenvalue weighted by Gasteiger charge is 2.22. The van der Waals surface area contributed by atoms with Crippen LogP contribution in [0.1, 0.15) is 18.4 Å². The van der Waals surface area contributed by atoms with E-state index in [2.05, 4.69) is 11.4 Å². The predicted octanol–water partition coefficient (Wildman–Crippen LogP) is 1.95. The summed E-state index contributed by atoms with van der Waals surface area (Å²) in [6, 6.07) is 8.02. The maximum Gasteiger partial charge on any atom is 0.115 e. The van der Waals surface area contributed by atoms with Gasteiger partial charge in [-0.15, -0.1) is 0 Å². The Morgan fingerprint density at radius 2 is 2.18 bits per heavy atom. The third kappa shape index (κ3) is 3.45. The summed E-state index contributed by atoms with van der Waals surface area (Å²) < 4.78 is 5.40. The van der Waals surface area contributed by atoms with Crippen LogP contribution in [-0.4, -0.2) is 31.4 Å². The molecule has 1 unspecified atom stereocenters. The molecule has 0 amide bonds. The molecule has 0 saturated carbocycles. The number of phenols is 1. The third-order valence-electron chi connectivity index (χ3n) is 3.57. The molecule has 17 heavy (non-hydrogen) atoms. The van der Waals surface area contributed by atoms with E-state index in [9.17, 15) is 5.11 Å². The van der Waals surface area contributed by atoms with Gasteiger partial charge in [-0.3, -0.25) is 0 Å². The monoisotopic (exact) mass is 235 g/mol. The summed E-state index contributed by atoms with van der Waals surface area (Å²) in [5, 5.41) is 12.9. The smallest absolute Gasteiger partial charge is 0.115 e. The van der Waals surface area contributed by atoms with E-state index in [0.29, 0.717) is 17.7 Å². The second-order valence-corrected chi connectivity index (χ2v) is 4.72. The Hall–Kier alpha value is -1.06. The molecule has 2 rings (SSSR count). The molecule has 1 aromatic carbocycles. The van der Waals surface area contributed by atoms with Crippen LogP contribution in [0.5, 0.6) is 5.75 Å². The highest BCUT2D eigenvalue weighted by atomic mass is 16.5. The Kier molecular flexibility index (Phi) is 4.40. The van der Waals surface area contributed by atoms with Crippen molar-refractivity contribution in [3.05, 3.63) is 29.8 Å². The maximum absolute atomic E-state index is 9.47. The Labute approximate surface area is 103 Å². The lowest BCUT2D eigenvalue weighted by molar-refractivity contribution is 0.0547. The third-order valence-corrected chi connectivity index (χ3v) is 3.57. The standard InChI is InChI=1S/C14H21NO2/c1-15-14(12-5-7-17-8-6-12)10-11-3-2-4-13(16)9-11/h2-4,9,12,14-16H,5-8,10H2,1H3. The number of phenolic OH excluding ortho intramolecular Hbond substituents is 1. The van der Waals surface area contributed by atoms with Crippen LogP contribution in [0.25, 0.3) is 0 Å².